The van der Waals surface area contributed by atoms with Crippen molar-refractivity contribution in [3.8, 4) is 11.5 Å². The highest BCUT2D eigenvalue weighted by Crippen LogP contribution is 2.35. The summed E-state index contributed by atoms with van der Waals surface area (Å²) in [5.74, 6) is 2.60. The number of anilines is 1. The molecule has 0 saturated carbocycles. The van der Waals surface area contributed by atoms with Crippen LogP contribution in [0.4, 0.5) is 5.69 Å². The van der Waals surface area contributed by atoms with Crippen molar-refractivity contribution in [1.29, 1.82) is 0 Å². The minimum Gasteiger partial charge on any atom is -0.497 e. The summed E-state index contributed by atoms with van der Waals surface area (Å²) in [6, 6.07) is 23.8. The third-order valence-electron chi connectivity index (χ3n) is 6.06. The molecule has 0 spiro atoms. The first kappa shape index (κ1) is 20.1. The third kappa shape index (κ3) is 3.58. The summed E-state index contributed by atoms with van der Waals surface area (Å²) < 4.78 is 13.1. The second-order valence-electron chi connectivity index (χ2n) is 7.96. The average molecular weight is 428 g/mol. The highest BCUT2D eigenvalue weighted by Gasteiger charge is 2.35. The van der Waals surface area contributed by atoms with Crippen molar-refractivity contribution in [2.45, 2.75) is 18.9 Å². The minimum atomic E-state index is -0.00388. The molecule has 0 bridgehead atoms. The van der Waals surface area contributed by atoms with Crippen LogP contribution in [0.25, 0.3) is 11.0 Å². The summed E-state index contributed by atoms with van der Waals surface area (Å²) in [5.41, 5.74) is 3.92. The second-order valence-corrected chi connectivity index (χ2v) is 7.96. The van der Waals surface area contributed by atoms with Crippen LogP contribution in [-0.4, -0.2) is 36.2 Å². The number of ether oxygens (including phenoxy) is 2. The van der Waals surface area contributed by atoms with E-state index >= 15 is 0 Å². The quantitative estimate of drug-likeness (QED) is 0.451. The topological polar surface area (TPSA) is 56.6 Å². The van der Waals surface area contributed by atoms with Crippen LogP contribution in [0.5, 0.6) is 11.5 Å². The molecule has 1 aromatic heterocycles. The van der Waals surface area contributed by atoms with E-state index in [1.54, 1.807) is 14.2 Å². The number of amides is 1. The zero-order valence-corrected chi connectivity index (χ0v) is 18.2. The first-order valence-electron chi connectivity index (χ1n) is 10.7. The molecule has 0 unspecified atom stereocenters. The molecule has 1 amide bonds. The fourth-order valence-corrected chi connectivity index (χ4v) is 4.48. The summed E-state index contributed by atoms with van der Waals surface area (Å²) in [5, 5.41) is 0. The van der Waals surface area contributed by atoms with Gasteiger partial charge < -0.3 is 18.9 Å². The first-order chi connectivity index (χ1) is 15.7. The smallest absolute Gasteiger partial charge is 0.227 e. The lowest BCUT2D eigenvalue weighted by atomic mass is 10.1. The summed E-state index contributed by atoms with van der Waals surface area (Å²) in [6.07, 6.45) is 0.423. The number of hydrogen-bond donors (Lipinski definition) is 0. The van der Waals surface area contributed by atoms with Gasteiger partial charge in [-0.05, 0) is 30.3 Å². The Balaban J connectivity index is 1.53. The predicted octanol–water partition coefficient (Wildman–Crippen LogP) is 4.62. The Morgan fingerprint density at radius 3 is 2.62 bits per heavy atom. The van der Waals surface area contributed by atoms with Crippen LogP contribution < -0.4 is 14.4 Å². The lowest BCUT2D eigenvalue weighted by Crippen LogP contribution is -2.24. The van der Waals surface area contributed by atoms with E-state index in [0.717, 1.165) is 39.6 Å². The SMILES string of the molecule is COc1cccc(N2C[C@H](c3nc4ccccc4n3Cc3ccccc3OC)CC2=O)c1. The van der Waals surface area contributed by atoms with E-state index in [0.29, 0.717) is 19.5 Å². The number of carbonyl (C=O) groups is 1. The molecule has 32 heavy (non-hydrogen) atoms. The number of imidazole rings is 1. The molecule has 4 aromatic rings. The minimum absolute atomic E-state index is 0.00388. The van der Waals surface area contributed by atoms with E-state index < -0.39 is 0 Å². The summed E-state index contributed by atoms with van der Waals surface area (Å²) in [6.45, 7) is 1.21. The van der Waals surface area contributed by atoms with E-state index in [9.17, 15) is 4.79 Å². The fourth-order valence-electron chi connectivity index (χ4n) is 4.48. The molecule has 0 radical (unpaired) electrons. The van der Waals surface area contributed by atoms with Crippen LogP contribution in [0.1, 0.15) is 23.7 Å². The third-order valence-corrected chi connectivity index (χ3v) is 6.06. The van der Waals surface area contributed by atoms with Crippen molar-refractivity contribution in [1.82, 2.24) is 9.55 Å². The molecule has 0 aliphatic carbocycles. The van der Waals surface area contributed by atoms with Gasteiger partial charge >= 0.3 is 0 Å². The van der Waals surface area contributed by atoms with Gasteiger partial charge in [0, 0.05) is 36.2 Å². The van der Waals surface area contributed by atoms with E-state index in [1.807, 2.05) is 65.6 Å². The maximum Gasteiger partial charge on any atom is 0.227 e. The van der Waals surface area contributed by atoms with Gasteiger partial charge in [-0.3, -0.25) is 4.79 Å². The number of benzene rings is 3. The first-order valence-corrected chi connectivity index (χ1v) is 10.7. The van der Waals surface area contributed by atoms with Gasteiger partial charge in [0.2, 0.25) is 5.91 Å². The molecule has 2 heterocycles. The molecule has 1 aliphatic rings. The van der Waals surface area contributed by atoms with Crippen LogP contribution in [0.2, 0.25) is 0 Å². The average Bonchev–Trinajstić information content (AvgIpc) is 3.40. The Bertz CT molecular complexity index is 1280. The number of fused-ring (bicyclic) bond motifs is 1. The van der Waals surface area contributed by atoms with Gasteiger partial charge in [0.1, 0.15) is 17.3 Å². The molecule has 1 atom stereocenters. The predicted molar refractivity (Wildman–Crippen MR) is 125 cm³/mol. The van der Waals surface area contributed by atoms with Gasteiger partial charge in [-0.1, -0.05) is 36.4 Å². The van der Waals surface area contributed by atoms with Gasteiger partial charge in [-0.25, -0.2) is 4.98 Å². The van der Waals surface area contributed by atoms with E-state index in [4.69, 9.17) is 14.5 Å². The molecule has 1 aliphatic heterocycles. The lowest BCUT2D eigenvalue weighted by Gasteiger charge is -2.18. The Labute approximate surface area is 187 Å². The van der Waals surface area contributed by atoms with Crippen molar-refractivity contribution in [2.75, 3.05) is 25.7 Å². The number of methoxy groups -OCH3 is 2. The van der Waals surface area contributed by atoms with Crippen LogP contribution in [0, 0.1) is 0 Å². The molecule has 1 fully saturated rings. The van der Waals surface area contributed by atoms with Crippen LogP contribution >= 0.6 is 0 Å². The highest BCUT2D eigenvalue weighted by molar-refractivity contribution is 5.96. The van der Waals surface area contributed by atoms with Crippen molar-refractivity contribution in [3.05, 3.63) is 84.2 Å². The molecule has 1 saturated heterocycles. The molecule has 5 rings (SSSR count). The van der Waals surface area contributed by atoms with Crippen LogP contribution in [-0.2, 0) is 11.3 Å². The zero-order chi connectivity index (χ0) is 22.1. The Morgan fingerprint density at radius 1 is 0.969 bits per heavy atom. The number of aromatic nitrogens is 2. The van der Waals surface area contributed by atoms with Crippen LogP contribution in [0.15, 0.2) is 72.8 Å². The van der Waals surface area contributed by atoms with Gasteiger partial charge in [0.25, 0.3) is 0 Å². The van der Waals surface area contributed by atoms with Crippen molar-refractivity contribution < 1.29 is 14.3 Å². The summed E-state index contributed by atoms with van der Waals surface area (Å²) >= 11 is 0. The van der Waals surface area contributed by atoms with Gasteiger partial charge in [-0.15, -0.1) is 0 Å². The molecule has 6 nitrogen and oxygen atoms in total. The van der Waals surface area contributed by atoms with Gasteiger partial charge in [0.05, 0.1) is 31.8 Å². The number of rotatable bonds is 6. The lowest BCUT2D eigenvalue weighted by molar-refractivity contribution is -0.117. The fraction of sp³-hybridized carbons (Fsp3) is 0.231. The van der Waals surface area contributed by atoms with Gasteiger partial charge in [-0.2, -0.15) is 0 Å². The second kappa shape index (κ2) is 8.38. The highest BCUT2D eigenvalue weighted by atomic mass is 16.5. The Morgan fingerprint density at radius 2 is 1.78 bits per heavy atom. The van der Waals surface area contributed by atoms with Crippen molar-refractivity contribution in [2.24, 2.45) is 0 Å². The standard InChI is InChI=1S/C26H25N3O3/c1-31-21-10-7-9-20(15-21)28-17-19(14-25(28)30)26-27-22-11-4-5-12-23(22)29(26)16-18-8-3-6-13-24(18)32-2/h3-13,15,19H,14,16-17H2,1-2H3/t19-/m1/s1. The van der Waals surface area contributed by atoms with E-state index in [2.05, 4.69) is 16.7 Å². The molecular weight excluding hydrogens is 402 g/mol. The largest absolute Gasteiger partial charge is 0.497 e. The molecular formula is C26H25N3O3. The Hall–Kier alpha value is -3.80. The normalized spacial score (nSPS) is 16.0. The van der Waals surface area contributed by atoms with Crippen LogP contribution in [0.3, 0.4) is 0 Å². The zero-order valence-electron chi connectivity index (χ0n) is 18.2. The summed E-state index contributed by atoms with van der Waals surface area (Å²) in [4.78, 5) is 19.8. The summed E-state index contributed by atoms with van der Waals surface area (Å²) in [7, 11) is 3.32. The molecule has 6 heteroatoms. The van der Waals surface area contributed by atoms with Gasteiger partial charge in [0.15, 0.2) is 0 Å². The molecule has 0 N–H and O–H groups in total. The monoisotopic (exact) mass is 427 g/mol. The van der Waals surface area contributed by atoms with E-state index in [1.165, 1.54) is 0 Å². The number of nitrogens with zero attached hydrogens (tertiary/aromatic N) is 3. The van der Waals surface area contributed by atoms with Crippen molar-refractivity contribution >= 4 is 22.6 Å². The molecule has 3 aromatic carbocycles. The number of carbonyl (C=O) groups excluding carboxylic acids is 1. The maximum absolute atomic E-state index is 13.0. The Kier molecular flexibility index (Phi) is 5.27. The van der Waals surface area contributed by atoms with E-state index in [-0.39, 0.29) is 11.8 Å². The van der Waals surface area contributed by atoms with Crippen molar-refractivity contribution in [3.63, 3.8) is 0 Å². The molecule has 162 valence electrons. The number of para-hydroxylation sites is 3. The maximum atomic E-state index is 13.0. The number of hydrogen-bond acceptors (Lipinski definition) is 4.